The molecule has 0 bridgehead atoms. The van der Waals surface area contributed by atoms with Gasteiger partial charge in [0, 0.05) is 21.6 Å². The van der Waals surface area contributed by atoms with Crippen molar-refractivity contribution in [1.29, 1.82) is 0 Å². The van der Waals surface area contributed by atoms with Gasteiger partial charge in [-0.15, -0.1) is 0 Å². The number of fused-ring (bicyclic) bond motifs is 1. The van der Waals surface area contributed by atoms with E-state index in [2.05, 4.69) is 33.4 Å². The quantitative estimate of drug-likeness (QED) is 0.788. The minimum absolute atomic E-state index is 0.112. The molecule has 20 heavy (non-hydrogen) atoms. The lowest BCUT2D eigenvalue weighted by atomic mass is 10.00. The van der Waals surface area contributed by atoms with E-state index in [1.807, 2.05) is 30.3 Å². The van der Waals surface area contributed by atoms with E-state index in [9.17, 15) is 5.11 Å². The smallest absolute Gasteiger partial charge is 0.0604 e. The lowest BCUT2D eigenvalue weighted by Gasteiger charge is -2.19. The Morgan fingerprint density at radius 1 is 1.15 bits per heavy atom. The number of hydrogen-bond donors (Lipinski definition) is 2. The van der Waals surface area contributed by atoms with Crippen LogP contribution in [0.1, 0.15) is 23.6 Å². The van der Waals surface area contributed by atoms with E-state index in [-0.39, 0.29) is 12.1 Å². The first-order chi connectivity index (χ1) is 9.61. The van der Waals surface area contributed by atoms with Crippen LogP contribution in [0.3, 0.4) is 0 Å². The van der Waals surface area contributed by atoms with E-state index < -0.39 is 0 Å². The van der Waals surface area contributed by atoms with E-state index in [0.29, 0.717) is 17.9 Å². The van der Waals surface area contributed by atoms with Crippen molar-refractivity contribution in [2.75, 3.05) is 5.32 Å². The topological polar surface area (TPSA) is 32.3 Å². The third-order valence-corrected chi connectivity index (χ3v) is 4.40. The Labute approximate surface area is 131 Å². The highest BCUT2D eigenvalue weighted by Crippen LogP contribution is 2.33. The minimum atomic E-state index is -0.365. The van der Waals surface area contributed by atoms with Crippen LogP contribution in [0.15, 0.2) is 46.9 Å². The van der Waals surface area contributed by atoms with Crippen LogP contribution in [0.2, 0.25) is 5.02 Å². The highest BCUT2D eigenvalue weighted by atomic mass is 79.9. The van der Waals surface area contributed by atoms with E-state index in [1.165, 1.54) is 5.56 Å². The molecule has 104 valence electrons. The molecule has 0 saturated heterocycles. The van der Waals surface area contributed by atoms with Crippen molar-refractivity contribution >= 4 is 33.2 Å². The zero-order valence-corrected chi connectivity index (χ0v) is 13.2. The Bertz CT molecular complexity index is 614. The summed E-state index contributed by atoms with van der Waals surface area (Å²) >= 11 is 9.48. The second-order valence-corrected chi connectivity index (χ2v) is 6.50. The van der Waals surface area contributed by atoms with Gasteiger partial charge >= 0.3 is 0 Å². The number of aliphatic hydroxyl groups excluding tert-OH is 1. The van der Waals surface area contributed by atoms with E-state index in [1.54, 1.807) is 0 Å². The van der Waals surface area contributed by atoms with Crippen LogP contribution in [0, 0.1) is 0 Å². The van der Waals surface area contributed by atoms with Crippen molar-refractivity contribution in [1.82, 2.24) is 0 Å². The molecule has 2 aromatic carbocycles. The molecule has 2 N–H and O–H groups in total. The first kappa shape index (κ1) is 13.9. The van der Waals surface area contributed by atoms with Crippen molar-refractivity contribution in [3.63, 3.8) is 0 Å². The summed E-state index contributed by atoms with van der Waals surface area (Å²) in [6, 6.07) is 14.1. The maximum atomic E-state index is 10.2. The van der Waals surface area contributed by atoms with Gasteiger partial charge in [0.1, 0.15) is 0 Å². The minimum Gasteiger partial charge on any atom is -0.393 e. The number of benzene rings is 2. The second kappa shape index (κ2) is 5.76. The molecule has 0 saturated carbocycles. The molecule has 2 aromatic rings. The van der Waals surface area contributed by atoms with Gasteiger partial charge in [0.2, 0.25) is 0 Å². The van der Waals surface area contributed by atoms with Crippen LogP contribution in [0.5, 0.6) is 0 Å². The molecule has 0 aromatic heterocycles. The van der Waals surface area contributed by atoms with Crippen LogP contribution in [-0.4, -0.2) is 11.2 Å². The predicted octanol–water partition coefficient (Wildman–Crippen LogP) is 4.56. The van der Waals surface area contributed by atoms with Crippen LogP contribution >= 0.6 is 27.5 Å². The molecular formula is C16H15BrClNO. The third-order valence-electron chi connectivity index (χ3n) is 3.63. The lowest BCUT2D eigenvalue weighted by Crippen LogP contribution is -2.16. The van der Waals surface area contributed by atoms with Gasteiger partial charge < -0.3 is 10.4 Å². The van der Waals surface area contributed by atoms with E-state index in [4.69, 9.17) is 11.6 Å². The van der Waals surface area contributed by atoms with Gasteiger partial charge in [-0.1, -0.05) is 39.7 Å². The van der Waals surface area contributed by atoms with Crippen LogP contribution in [0.25, 0.3) is 0 Å². The summed E-state index contributed by atoms with van der Waals surface area (Å²) < 4.78 is 1.06. The molecule has 3 rings (SSSR count). The van der Waals surface area contributed by atoms with Crippen molar-refractivity contribution in [3.05, 3.63) is 63.1 Å². The Kier molecular flexibility index (Phi) is 4.01. The first-order valence-corrected chi connectivity index (χ1v) is 7.77. The summed E-state index contributed by atoms with van der Waals surface area (Å²) in [6.07, 6.45) is 0.958. The van der Waals surface area contributed by atoms with Crippen LogP contribution < -0.4 is 5.32 Å². The van der Waals surface area contributed by atoms with E-state index >= 15 is 0 Å². The molecule has 0 aliphatic carbocycles. The number of nitrogens with one attached hydrogen (secondary N) is 1. The predicted molar refractivity (Wildman–Crippen MR) is 86.3 cm³/mol. The van der Waals surface area contributed by atoms with Gasteiger partial charge in [-0.25, -0.2) is 0 Å². The highest BCUT2D eigenvalue weighted by Gasteiger charge is 2.22. The molecule has 4 heteroatoms. The molecule has 1 heterocycles. The Hall–Kier alpha value is -1.03. The van der Waals surface area contributed by atoms with Gasteiger partial charge in [0.15, 0.2) is 0 Å². The molecule has 0 amide bonds. The molecule has 0 unspecified atom stereocenters. The van der Waals surface area contributed by atoms with Gasteiger partial charge in [-0.2, -0.15) is 0 Å². The van der Waals surface area contributed by atoms with Crippen LogP contribution in [-0.2, 0) is 6.42 Å². The molecule has 1 aliphatic heterocycles. The van der Waals surface area contributed by atoms with Gasteiger partial charge in [0.25, 0.3) is 0 Å². The average Bonchev–Trinajstić information content (AvgIpc) is 2.57. The maximum absolute atomic E-state index is 10.2. The number of anilines is 1. The van der Waals surface area contributed by atoms with Crippen molar-refractivity contribution in [2.24, 2.45) is 0 Å². The number of hydrogen-bond acceptors (Lipinski definition) is 2. The number of halogens is 2. The fourth-order valence-corrected chi connectivity index (χ4v) is 3.10. The lowest BCUT2D eigenvalue weighted by molar-refractivity contribution is 0.161. The summed E-state index contributed by atoms with van der Waals surface area (Å²) in [5.41, 5.74) is 3.30. The molecule has 0 radical (unpaired) electrons. The van der Waals surface area contributed by atoms with Crippen molar-refractivity contribution in [3.8, 4) is 0 Å². The zero-order valence-electron chi connectivity index (χ0n) is 10.8. The molecule has 0 spiro atoms. The Balaban J connectivity index is 1.94. The van der Waals surface area contributed by atoms with Gasteiger partial charge in [-0.3, -0.25) is 0 Å². The fraction of sp³-hybridized carbons (Fsp3) is 0.250. The summed E-state index contributed by atoms with van der Waals surface area (Å²) in [5.74, 6) is 0. The van der Waals surface area contributed by atoms with Gasteiger partial charge in [-0.05, 0) is 47.9 Å². The average molecular weight is 353 g/mol. The first-order valence-electron chi connectivity index (χ1n) is 6.60. The largest absolute Gasteiger partial charge is 0.393 e. The molecule has 0 fully saturated rings. The second-order valence-electron chi connectivity index (χ2n) is 5.14. The molecule has 2 atom stereocenters. The summed E-state index contributed by atoms with van der Waals surface area (Å²) in [5, 5.41) is 14.4. The summed E-state index contributed by atoms with van der Waals surface area (Å²) in [6.45, 7) is 0. The zero-order chi connectivity index (χ0) is 14.1. The van der Waals surface area contributed by atoms with Crippen molar-refractivity contribution < 1.29 is 5.11 Å². The standard InChI is InChI=1S/C16H15BrClNO/c17-12-3-1-10(2-4-12)16-9-14(20)8-11-7-13(18)5-6-15(11)19-16/h1-7,14,16,19-20H,8-9H2/t14-,16+/m1/s1. The highest BCUT2D eigenvalue weighted by molar-refractivity contribution is 9.10. The summed E-state index contributed by atoms with van der Waals surface area (Å²) in [4.78, 5) is 0. The third kappa shape index (κ3) is 3.00. The Morgan fingerprint density at radius 3 is 2.65 bits per heavy atom. The normalized spacial score (nSPS) is 21.8. The monoisotopic (exact) mass is 351 g/mol. The number of rotatable bonds is 1. The molecule has 2 nitrogen and oxygen atoms in total. The molecule has 1 aliphatic rings. The molecular weight excluding hydrogens is 338 g/mol. The van der Waals surface area contributed by atoms with Crippen LogP contribution in [0.4, 0.5) is 5.69 Å². The maximum Gasteiger partial charge on any atom is 0.0604 e. The Morgan fingerprint density at radius 2 is 1.90 bits per heavy atom. The van der Waals surface area contributed by atoms with E-state index in [0.717, 1.165) is 15.7 Å². The number of aliphatic hydroxyl groups is 1. The van der Waals surface area contributed by atoms with Crippen molar-refractivity contribution in [2.45, 2.75) is 25.0 Å². The van der Waals surface area contributed by atoms with Gasteiger partial charge in [0.05, 0.1) is 12.1 Å². The summed E-state index contributed by atoms with van der Waals surface area (Å²) in [7, 11) is 0. The fourth-order valence-electron chi connectivity index (χ4n) is 2.64. The SMILES string of the molecule is O[C@@H]1Cc2cc(Cl)ccc2N[C@H](c2ccc(Br)cc2)C1.